The monoisotopic (exact) mass is 271 g/mol. The van der Waals surface area contributed by atoms with E-state index in [0.717, 1.165) is 15.6 Å². The van der Waals surface area contributed by atoms with Gasteiger partial charge in [-0.15, -0.1) is 24.4 Å². The molecular formula is C15H13NS2. The van der Waals surface area contributed by atoms with E-state index in [1.165, 1.54) is 16.7 Å². The average Bonchev–Trinajstić information content (AvgIpc) is 2.44. The van der Waals surface area contributed by atoms with Crippen LogP contribution in [0.3, 0.4) is 0 Å². The molecule has 0 saturated heterocycles. The van der Waals surface area contributed by atoms with Crippen LogP contribution in [-0.4, -0.2) is 6.26 Å². The normalized spacial score (nSPS) is 12.4. The molecule has 2 aromatic carbocycles. The molecule has 90 valence electrons. The van der Waals surface area contributed by atoms with Crippen molar-refractivity contribution >= 4 is 41.3 Å². The SMILES string of the molecule is CSC(S)=C1c2ccccc2Nc2ccccc21. The van der Waals surface area contributed by atoms with Crippen LogP contribution < -0.4 is 5.32 Å². The van der Waals surface area contributed by atoms with Crippen LogP contribution in [-0.2, 0) is 0 Å². The highest BCUT2D eigenvalue weighted by Gasteiger charge is 2.20. The third-order valence-electron chi connectivity index (χ3n) is 3.07. The summed E-state index contributed by atoms with van der Waals surface area (Å²) in [6.45, 7) is 0. The molecule has 3 heteroatoms. The predicted molar refractivity (Wildman–Crippen MR) is 84.7 cm³/mol. The van der Waals surface area contributed by atoms with Crippen molar-refractivity contribution in [1.82, 2.24) is 0 Å². The molecule has 0 spiro atoms. The lowest BCUT2D eigenvalue weighted by atomic mass is 9.93. The Morgan fingerprint density at radius 1 is 0.944 bits per heavy atom. The summed E-state index contributed by atoms with van der Waals surface area (Å²) in [7, 11) is 0. The van der Waals surface area contributed by atoms with Gasteiger partial charge in [0.1, 0.15) is 0 Å². The van der Waals surface area contributed by atoms with Crippen molar-refractivity contribution in [2.24, 2.45) is 0 Å². The molecule has 0 aromatic heterocycles. The molecule has 1 heterocycles. The molecule has 1 aliphatic heterocycles. The maximum Gasteiger partial charge on any atom is 0.0464 e. The standard InChI is InChI=1S/C15H13NS2/c1-18-15(17)14-10-6-2-4-8-12(10)16-13-9-5-3-7-11(13)14/h2-9,16-17H,1H3. The zero-order chi connectivity index (χ0) is 12.5. The first-order chi connectivity index (χ1) is 8.81. The number of thioether (sulfide) groups is 1. The van der Waals surface area contributed by atoms with E-state index in [1.54, 1.807) is 11.8 Å². The Kier molecular flexibility index (Phi) is 3.10. The largest absolute Gasteiger partial charge is 0.355 e. The van der Waals surface area contributed by atoms with Gasteiger partial charge in [-0.05, 0) is 18.4 Å². The molecular weight excluding hydrogens is 258 g/mol. The van der Waals surface area contributed by atoms with Gasteiger partial charge in [0.25, 0.3) is 0 Å². The molecule has 18 heavy (non-hydrogen) atoms. The summed E-state index contributed by atoms with van der Waals surface area (Å²) in [6, 6.07) is 16.7. The quantitative estimate of drug-likeness (QED) is 0.619. The number of nitrogens with one attached hydrogen (secondary N) is 1. The molecule has 0 amide bonds. The molecule has 0 fully saturated rings. The molecule has 1 aliphatic rings. The van der Waals surface area contributed by atoms with E-state index in [9.17, 15) is 0 Å². The first-order valence-electron chi connectivity index (χ1n) is 5.74. The van der Waals surface area contributed by atoms with Gasteiger partial charge in [-0.3, -0.25) is 0 Å². The summed E-state index contributed by atoms with van der Waals surface area (Å²) in [4.78, 5) is 0. The van der Waals surface area contributed by atoms with Crippen LogP contribution in [0.4, 0.5) is 11.4 Å². The second kappa shape index (κ2) is 4.75. The number of benzene rings is 2. The van der Waals surface area contributed by atoms with Gasteiger partial charge in [-0.25, -0.2) is 0 Å². The summed E-state index contributed by atoms with van der Waals surface area (Å²) in [5.74, 6) is 0. The Morgan fingerprint density at radius 3 is 1.94 bits per heavy atom. The maximum absolute atomic E-state index is 4.64. The lowest BCUT2D eigenvalue weighted by Gasteiger charge is -2.25. The Bertz CT molecular complexity index is 584. The van der Waals surface area contributed by atoms with Gasteiger partial charge >= 0.3 is 0 Å². The number of anilines is 2. The number of rotatable bonds is 1. The molecule has 2 aromatic rings. The van der Waals surface area contributed by atoms with Crippen LogP contribution in [0.15, 0.2) is 52.8 Å². The molecule has 0 unspecified atom stereocenters. The van der Waals surface area contributed by atoms with Crippen molar-refractivity contribution in [3.63, 3.8) is 0 Å². The molecule has 0 aliphatic carbocycles. The fourth-order valence-electron chi connectivity index (χ4n) is 2.24. The molecule has 0 radical (unpaired) electrons. The Morgan fingerprint density at radius 2 is 1.44 bits per heavy atom. The number of para-hydroxylation sites is 2. The Balaban J connectivity index is 2.31. The van der Waals surface area contributed by atoms with E-state index in [4.69, 9.17) is 0 Å². The molecule has 1 N–H and O–H groups in total. The molecule has 3 rings (SSSR count). The van der Waals surface area contributed by atoms with E-state index < -0.39 is 0 Å². The fourth-order valence-corrected chi connectivity index (χ4v) is 2.91. The predicted octanol–water partition coefficient (Wildman–Crippen LogP) is 4.75. The number of hydrogen-bond donors (Lipinski definition) is 2. The van der Waals surface area contributed by atoms with Crippen molar-refractivity contribution < 1.29 is 0 Å². The minimum absolute atomic E-state index is 1.05. The number of thiol groups is 1. The van der Waals surface area contributed by atoms with Gasteiger partial charge in [0.2, 0.25) is 0 Å². The summed E-state index contributed by atoms with van der Waals surface area (Å²) in [6.07, 6.45) is 2.06. The second-order valence-electron chi connectivity index (χ2n) is 4.10. The first kappa shape index (κ1) is 11.8. The van der Waals surface area contributed by atoms with Crippen molar-refractivity contribution in [2.45, 2.75) is 0 Å². The highest BCUT2D eigenvalue weighted by Crippen LogP contribution is 2.44. The van der Waals surface area contributed by atoms with Gasteiger partial charge in [0.15, 0.2) is 0 Å². The zero-order valence-corrected chi connectivity index (χ0v) is 11.7. The maximum atomic E-state index is 4.64. The third kappa shape index (κ3) is 1.84. The van der Waals surface area contributed by atoms with E-state index in [0.29, 0.717) is 0 Å². The van der Waals surface area contributed by atoms with Gasteiger partial charge < -0.3 is 5.32 Å². The van der Waals surface area contributed by atoms with Gasteiger partial charge in [-0.1, -0.05) is 36.4 Å². The number of fused-ring (bicyclic) bond motifs is 2. The van der Waals surface area contributed by atoms with Crippen LogP contribution >= 0.6 is 24.4 Å². The Labute approximate surface area is 117 Å². The summed E-state index contributed by atoms with van der Waals surface area (Å²) in [5.41, 5.74) is 5.94. The highest BCUT2D eigenvalue weighted by molar-refractivity contribution is 8.15. The second-order valence-corrected chi connectivity index (χ2v) is 5.67. The van der Waals surface area contributed by atoms with Gasteiger partial charge in [0.05, 0.1) is 0 Å². The minimum atomic E-state index is 1.05. The first-order valence-corrected chi connectivity index (χ1v) is 7.41. The van der Waals surface area contributed by atoms with Crippen molar-refractivity contribution in [3.05, 3.63) is 63.9 Å². The fraction of sp³-hybridized carbons (Fsp3) is 0.0667. The summed E-state index contributed by atoms with van der Waals surface area (Å²) >= 11 is 6.31. The van der Waals surface area contributed by atoms with Crippen LogP contribution in [0, 0.1) is 0 Å². The third-order valence-corrected chi connectivity index (χ3v) is 4.43. The molecule has 0 saturated carbocycles. The van der Waals surface area contributed by atoms with Crippen molar-refractivity contribution in [1.29, 1.82) is 0 Å². The average molecular weight is 271 g/mol. The summed E-state index contributed by atoms with van der Waals surface area (Å²) < 4.78 is 1.05. The lowest BCUT2D eigenvalue weighted by Crippen LogP contribution is -2.06. The number of hydrogen-bond acceptors (Lipinski definition) is 3. The zero-order valence-electron chi connectivity index (χ0n) is 9.97. The van der Waals surface area contributed by atoms with E-state index in [-0.39, 0.29) is 0 Å². The minimum Gasteiger partial charge on any atom is -0.355 e. The van der Waals surface area contributed by atoms with E-state index in [2.05, 4.69) is 72.7 Å². The van der Waals surface area contributed by atoms with E-state index >= 15 is 0 Å². The topological polar surface area (TPSA) is 12.0 Å². The van der Waals surface area contributed by atoms with Crippen molar-refractivity contribution in [3.8, 4) is 0 Å². The molecule has 0 bridgehead atoms. The summed E-state index contributed by atoms with van der Waals surface area (Å²) in [5, 5.41) is 3.47. The van der Waals surface area contributed by atoms with Crippen LogP contribution in [0.5, 0.6) is 0 Å². The van der Waals surface area contributed by atoms with E-state index in [1.807, 2.05) is 0 Å². The molecule has 0 atom stereocenters. The lowest BCUT2D eigenvalue weighted by molar-refractivity contribution is 1.44. The Hall–Kier alpha value is -1.32. The smallest absolute Gasteiger partial charge is 0.0464 e. The van der Waals surface area contributed by atoms with Gasteiger partial charge in [-0.2, -0.15) is 0 Å². The van der Waals surface area contributed by atoms with Crippen LogP contribution in [0.25, 0.3) is 5.57 Å². The van der Waals surface area contributed by atoms with Crippen molar-refractivity contribution in [2.75, 3.05) is 11.6 Å². The highest BCUT2D eigenvalue weighted by atomic mass is 32.2. The van der Waals surface area contributed by atoms with Crippen LogP contribution in [0.2, 0.25) is 0 Å². The van der Waals surface area contributed by atoms with Gasteiger partial charge in [0, 0.05) is 32.3 Å². The van der Waals surface area contributed by atoms with Crippen LogP contribution in [0.1, 0.15) is 11.1 Å². The molecule has 1 nitrogen and oxygen atoms in total.